The van der Waals surface area contributed by atoms with Crippen LogP contribution in [-0.2, 0) is 16.0 Å². The van der Waals surface area contributed by atoms with Gasteiger partial charge in [0.1, 0.15) is 0 Å². The smallest absolute Gasteiger partial charge is 0.233 e. The summed E-state index contributed by atoms with van der Waals surface area (Å²) < 4.78 is 7.00. The number of carbonyl (C=O) groups is 1. The van der Waals surface area contributed by atoms with Gasteiger partial charge < -0.3 is 4.74 Å². The van der Waals surface area contributed by atoms with Gasteiger partial charge in [0.2, 0.25) is 5.91 Å². The number of hydrogen-bond acceptors (Lipinski definition) is 5. The van der Waals surface area contributed by atoms with E-state index in [1.807, 2.05) is 17.0 Å². The molecule has 0 bridgehead atoms. The Morgan fingerprint density at radius 2 is 1.97 bits per heavy atom. The van der Waals surface area contributed by atoms with Crippen LogP contribution < -0.4 is 4.90 Å². The van der Waals surface area contributed by atoms with Crippen LogP contribution in [0.5, 0.6) is 0 Å². The largest absolute Gasteiger partial charge is 0.376 e. The Labute approximate surface area is 180 Å². The Balaban J connectivity index is 1.64. The highest BCUT2D eigenvalue weighted by Crippen LogP contribution is 2.34. The first-order valence-electron chi connectivity index (χ1n) is 9.97. The van der Waals surface area contributed by atoms with E-state index >= 15 is 0 Å². The number of thiazole rings is 1. The molecule has 1 aromatic heterocycles. The second-order valence-electron chi connectivity index (χ2n) is 7.54. The molecule has 2 heterocycles. The Bertz CT molecular complexity index is 969. The van der Waals surface area contributed by atoms with Crippen molar-refractivity contribution in [2.75, 3.05) is 24.3 Å². The molecule has 29 heavy (non-hydrogen) atoms. The third kappa shape index (κ3) is 4.49. The van der Waals surface area contributed by atoms with E-state index in [9.17, 15) is 4.79 Å². The van der Waals surface area contributed by atoms with Crippen LogP contribution in [0.2, 0.25) is 0 Å². The average Bonchev–Trinajstić information content (AvgIpc) is 3.40. The van der Waals surface area contributed by atoms with Crippen molar-refractivity contribution in [3.63, 3.8) is 0 Å². The number of anilines is 1. The summed E-state index contributed by atoms with van der Waals surface area (Å²) in [6.45, 7) is 5.52. The highest BCUT2D eigenvalue weighted by Gasteiger charge is 2.26. The van der Waals surface area contributed by atoms with Gasteiger partial charge in [0, 0.05) is 11.5 Å². The molecule has 0 N–H and O–H groups in total. The van der Waals surface area contributed by atoms with Crippen LogP contribution in [-0.4, -0.2) is 36.4 Å². The number of benzene rings is 2. The van der Waals surface area contributed by atoms with Gasteiger partial charge in [0.05, 0.1) is 29.3 Å². The first-order valence-corrected chi connectivity index (χ1v) is 12.0. The van der Waals surface area contributed by atoms with Gasteiger partial charge in [-0.15, -0.1) is 11.8 Å². The van der Waals surface area contributed by atoms with Crippen LogP contribution in [0.3, 0.4) is 0 Å². The van der Waals surface area contributed by atoms with Crippen molar-refractivity contribution in [3.05, 3.63) is 53.1 Å². The second kappa shape index (κ2) is 8.86. The minimum Gasteiger partial charge on any atom is -0.376 e. The first kappa shape index (κ1) is 20.4. The number of nitrogens with zero attached hydrogens (tertiary/aromatic N) is 2. The minimum absolute atomic E-state index is 0.0757. The number of thioether (sulfide) groups is 1. The van der Waals surface area contributed by atoms with Crippen molar-refractivity contribution < 1.29 is 9.53 Å². The zero-order chi connectivity index (χ0) is 20.4. The summed E-state index contributed by atoms with van der Waals surface area (Å²) in [5.41, 5.74) is 4.37. The summed E-state index contributed by atoms with van der Waals surface area (Å²) in [4.78, 5) is 21.3. The summed E-state index contributed by atoms with van der Waals surface area (Å²) in [5.74, 6) is 0.0757. The molecule has 0 saturated carbocycles. The lowest BCUT2D eigenvalue weighted by atomic mass is 10.1. The standard InChI is InChI=1S/C23H26N2O2S2/c1-15-6-7-16(2)22-21(15)24-23(29-22)25(14-18-5-4-12-27-18)20(26)13-17-8-10-19(28-3)11-9-17/h6-11,18H,4-5,12-14H2,1-3H3. The van der Waals surface area contributed by atoms with E-state index in [-0.39, 0.29) is 12.0 Å². The van der Waals surface area contributed by atoms with E-state index in [1.165, 1.54) is 10.5 Å². The van der Waals surface area contributed by atoms with Gasteiger partial charge in [-0.3, -0.25) is 9.69 Å². The molecule has 0 spiro atoms. The third-order valence-electron chi connectivity index (χ3n) is 5.39. The molecule has 1 fully saturated rings. The van der Waals surface area contributed by atoms with Crippen molar-refractivity contribution >= 4 is 44.4 Å². The van der Waals surface area contributed by atoms with E-state index in [0.29, 0.717) is 13.0 Å². The normalized spacial score (nSPS) is 16.4. The third-order valence-corrected chi connectivity index (χ3v) is 7.34. The zero-order valence-electron chi connectivity index (χ0n) is 17.1. The van der Waals surface area contributed by atoms with E-state index in [2.05, 4.69) is 44.4 Å². The lowest BCUT2D eigenvalue weighted by Gasteiger charge is -2.23. The maximum atomic E-state index is 13.3. The van der Waals surface area contributed by atoms with Gasteiger partial charge in [-0.05, 0) is 61.8 Å². The second-order valence-corrected chi connectivity index (χ2v) is 9.39. The lowest BCUT2D eigenvalue weighted by molar-refractivity contribution is -0.118. The van der Waals surface area contributed by atoms with E-state index in [1.54, 1.807) is 23.1 Å². The molecule has 1 aliphatic heterocycles. The van der Waals surface area contributed by atoms with E-state index in [4.69, 9.17) is 9.72 Å². The number of carbonyl (C=O) groups excluding carboxylic acids is 1. The lowest BCUT2D eigenvalue weighted by Crippen LogP contribution is -2.38. The van der Waals surface area contributed by atoms with Crippen molar-refractivity contribution in [1.82, 2.24) is 4.98 Å². The van der Waals surface area contributed by atoms with Gasteiger partial charge in [-0.2, -0.15) is 0 Å². The molecule has 0 aliphatic carbocycles. The molecular formula is C23H26N2O2S2. The quantitative estimate of drug-likeness (QED) is 0.496. The highest BCUT2D eigenvalue weighted by molar-refractivity contribution is 7.98. The predicted molar refractivity (Wildman–Crippen MR) is 122 cm³/mol. The fourth-order valence-electron chi connectivity index (χ4n) is 3.66. The Morgan fingerprint density at radius 1 is 1.21 bits per heavy atom. The van der Waals surface area contributed by atoms with Crippen molar-refractivity contribution in [1.29, 1.82) is 0 Å². The van der Waals surface area contributed by atoms with Crippen LogP contribution in [0, 0.1) is 13.8 Å². The number of amides is 1. The van der Waals surface area contributed by atoms with Crippen LogP contribution in [0.4, 0.5) is 5.13 Å². The van der Waals surface area contributed by atoms with Gasteiger partial charge in [0.15, 0.2) is 5.13 Å². The van der Waals surface area contributed by atoms with Crippen LogP contribution in [0.25, 0.3) is 10.2 Å². The fourth-order valence-corrected chi connectivity index (χ4v) is 5.20. The molecule has 4 nitrogen and oxygen atoms in total. The molecule has 1 saturated heterocycles. The van der Waals surface area contributed by atoms with Gasteiger partial charge in [-0.1, -0.05) is 35.6 Å². The number of hydrogen-bond donors (Lipinski definition) is 0. The molecule has 2 aromatic carbocycles. The summed E-state index contributed by atoms with van der Waals surface area (Å²) in [7, 11) is 0. The minimum atomic E-state index is 0.0757. The molecule has 152 valence electrons. The predicted octanol–water partition coefficient (Wildman–Crippen LogP) is 5.39. The summed E-state index contributed by atoms with van der Waals surface area (Å²) in [5, 5.41) is 0.777. The molecule has 1 atom stereocenters. The molecule has 1 aliphatic rings. The van der Waals surface area contributed by atoms with Crippen LogP contribution in [0.1, 0.15) is 29.5 Å². The molecular weight excluding hydrogens is 400 g/mol. The highest BCUT2D eigenvalue weighted by atomic mass is 32.2. The number of aryl methyl sites for hydroxylation is 2. The van der Waals surface area contributed by atoms with E-state index in [0.717, 1.165) is 45.9 Å². The first-order chi connectivity index (χ1) is 14.0. The molecule has 1 unspecified atom stereocenters. The molecule has 4 rings (SSSR count). The average molecular weight is 427 g/mol. The number of fused-ring (bicyclic) bond motifs is 1. The zero-order valence-corrected chi connectivity index (χ0v) is 18.7. The van der Waals surface area contributed by atoms with Crippen molar-refractivity contribution in [2.24, 2.45) is 0 Å². The Morgan fingerprint density at radius 3 is 2.62 bits per heavy atom. The maximum Gasteiger partial charge on any atom is 0.233 e. The number of aromatic nitrogens is 1. The summed E-state index contributed by atoms with van der Waals surface area (Å²) in [6.07, 6.45) is 4.57. The van der Waals surface area contributed by atoms with Gasteiger partial charge in [0.25, 0.3) is 0 Å². The Kier molecular flexibility index (Phi) is 6.23. The topological polar surface area (TPSA) is 42.4 Å². The molecule has 6 heteroatoms. The molecule has 1 amide bonds. The number of rotatable bonds is 6. The number of ether oxygens (including phenoxy) is 1. The molecule has 3 aromatic rings. The van der Waals surface area contributed by atoms with E-state index < -0.39 is 0 Å². The monoisotopic (exact) mass is 426 g/mol. The van der Waals surface area contributed by atoms with Crippen LogP contribution >= 0.6 is 23.1 Å². The van der Waals surface area contributed by atoms with Gasteiger partial charge >= 0.3 is 0 Å². The molecule has 0 radical (unpaired) electrons. The van der Waals surface area contributed by atoms with Crippen molar-refractivity contribution in [2.45, 2.75) is 44.1 Å². The maximum absolute atomic E-state index is 13.3. The Hall–Kier alpha value is -1.89. The summed E-state index contributed by atoms with van der Waals surface area (Å²) in [6, 6.07) is 12.4. The van der Waals surface area contributed by atoms with Crippen molar-refractivity contribution in [3.8, 4) is 0 Å². The SMILES string of the molecule is CSc1ccc(CC(=O)N(CC2CCCO2)c2nc3c(C)ccc(C)c3s2)cc1. The summed E-state index contributed by atoms with van der Waals surface area (Å²) >= 11 is 3.32. The van der Waals surface area contributed by atoms with Crippen LogP contribution in [0.15, 0.2) is 41.3 Å². The fraction of sp³-hybridized carbons (Fsp3) is 0.391. The van der Waals surface area contributed by atoms with Gasteiger partial charge in [-0.25, -0.2) is 4.98 Å².